The molecule has 0 fully saturated rings. The SMILES string of the molecule is O=C(c1csc2ccccc12)N(CCCl)CC(F)(F)F. The Morgan fingerprint density at radius 3 is 2.65 bits per heavy atom. The van der Waals surface area contributed by atoms with Gasteiger partial charge in [-0.1, -0.05) is 18.2 Å². The maximum absolute atomic E-state index is 12.5. The summed E-state index contributed by atoms with van der Waals surface area (Å²) in [5, 5.41) is 2.26. The van der Waals surface area contributed by atoms with Crippen LogP contribution in [0.2, 0.25) is 0 Å². The maximum Gasteiger partial charge on any atom is 0.406 e. The second-order valence-electron chi connectivity index (χ2n) is 4.18. The molecule has 0 radical (unpaired) electrons. The van der Waals surface area contributed by atoms with Crippen LogP contribution < -0.4 is 0 Å². The molecule has 0 aliphatic heterocycles. The van der Waals surface area contributed by atoms with E-state index in [2.05, 4.69) is 0 Å². The number of carbonyl (C=O) groups is 1. The molecule has 0 aliphatic rings. The number of thiophene rings is 1. The van der Waals surface area contributed by atoms with E-state index in [1.165, 1.54) is 11.3 Å². The number of alkyl halides is 4. The molecule has 20 heavy (non-hydrogen) atoms. The molecule has 108 valence electrons. The van der Waals surface area contributed by atoms with Gasteiger partial charge in [-0.05, 0) is 6.07 Å². The topological polar surface area (TPSA) is 20.3 Å². The van der Waals surface area contributed by atoms with E-state index >= 15 is 0 Å². The molecule has 1 heterocycles. The zero-order valence-electron chi connectivity index (χ0n) is 10.3. The van der Waals surface area contributed by atoms with Gasteiger partial charge < -0.3 is 4.90 Å². The van der Waals surface area contributed by atoms with Crippen molar-refractivity contribution in [1.29, 1.82) is 0 Å². The van der Waals surface area contributed by atoms with Gasteiger partial charge in [0.15, 0.2) is 0 Å². The Bertz CT molecular complexity index is 611. The summed E-state index contributed by atoms with van der Waals surface area (Å²) in [6.45, 7) is -1.42. The van der Waals surface area contributed by atoms with Gasteiger partial charge in [0.2, 0.25) is 0 Å². The zero-order valence-corrected chi connectivity index (χ0v) is 11.9. The minimum atomic E-state index is -4.44. The van der Waals surface area contributed by atoms with Crippen LogP contribution in [0, 0.1) is 0 Å². The van der Waals surface area contributed by atoms with E-state index in [4.69, 9.17) is 11.6 Å². The van der Waals surface area contributed by atoms with Crippen molar-refractivity contribution in [2.45, 2.75) is 6.18 Å². The van der Waals surface area contributed by atoms with Gasteiger partial charge in [-0.3, -0.25) is 4.79 Å². The summed E-state index contributed by atoms with van der Waals surface area (Å²) in [5.41, 5.74) is 0.292. The first-order chi connectivity index (χ1) is 9.42. The molecule has 1 aromatic heterocycles. The number of amides is 1. The van der Waals surface area contributed by atoms with Crippen molar-refractivity contribution in [3.8, 4) is 0 Å². The third-order valence-electron chi connectivity index (χ3n) is 2.72. The first kappa shape index (κ1) is 15.1. The Morgan fingerprint density at radius 2 is 2.00 bits per heavy atom. The summed E-state index contributed by atoms with van der Waals surface area (Å²) in [6, 6.07) is 7.12. The van der Waals surface area contributed by atoms with Crippen molar-refractivity contribution < 1.29 is 18.0 Å². The number of carbonyl (C=O) groups excluding carboxylic acids is 1. The lowest BCUT2D eigenvalue weighted by Crippen LogP contribution is -2.40. The Morgan fingerprint density at radius 1 is 1.30 bits per heavy atom. The van der Waals surface area contributed by atoms with Crippen LogP contribution >= 0.6 is 22.9 Å². The van der Waals surface area contributed by atoms with E-state index in [0.29, 0.717) is 10.9 Å². The normalized spacial score (nSPS) is 11.8. The summed E-state index contributed by atoms with van der Waals surface area (Å²) in [5.74, 6) is -0.676. The van der Waals surface area contributed by atoms with Gasteiger partial charge in [0, 0.05) is 27.9 Å². The van der Waals surface area contributed by atoms with Crippen LogP contribution in [-0.2, 0) is 0 Å². The van der Waals surface area contributed by atoms with Crippen LogP contribution in [0.15, 0.2) is 29.6 Å². The van der Waals surface area contributed by atoms with E-state index < -0.39 is 18.6 Å². The molecule has 0 saturated carbocycles. The predicted molar refractivity (Wildman–Crippen MR) is 74.5 cm³/mol. The Balaban J connectivity index is 2.31. The number of benzene rings is 1. The highest BCUT2D eigenvalue weighted by Gasteiger charge is 2.33. The van der Waals surface area contributed by atoms with Crippen molar-refractivity contribution in [3.63, 3.8) is 0 Å². The van der Waals surface area contributed by atoms with Gasteiger partial charge in [0.25, 0.3) is 5.91 Å². The lowest BCUT2D eigenvalue weighted by atomic mass is 10.1. The van der Waals surface area contributed by atoms with E-state index in [0.717, 1.165) is 9.60 Å². The Labute approximate surface area is 122 Å². The molecule has 2 rings (SSSR count). The maximum atomic E-state index is 12.5. The molecule has 2 aromatic rings. The summed E-state index contributed by atoms with van der Waals surface area (Å²) in [4.78, 5) is 13.0. The van der Waals surface area contributed by atoms with Crippen molar-refractivity contribution in [2.24, 2.45) is 0 Å². The molecule has 0 bridgehead atoms. The highest BCUT2D eigenvalue weighted by atomic mass is 35.5. The fourth-order valence-electron chi connectivity index (χ4n) is 1.88. The molecule has 1 aromatic carbocycles. The van der Waals surface area contributed by atoms with E-state index in [9.17, 15) is 18.0 Å². The molecule has 0 atom stereocenters. The quantitative estimate of drug-likeness (QED) is 0.775. The summed E-state index contributed by atoms with van der Waals surface area (Å²) >= 11 is 6.82. The summed E-state index contributed by atoms with van der Waals surface area (Å²) < 4.78 is 38.4. The number of hydrogen-bond acceptors (Lipinski definition) is 2. The van der Waals surface area contributed by atoms with E-state index in [-0.39, 0.29) is 12.4 Å². The first-order valence-corrected chi connectivity index (χ1v) is 7.22. The number of fused-ring (bicyclic) bond motifs is 1. The average molecular weight is 322 g/mol. The molecule has 7 heteroatoms. The second-order valence-corrected chi connectivity index (χ2v) is 5.47. The summed E-state index contributed by atoms with van der Waals surface area (Å²) in [7, 11) is 0. The number of nitrogens with zero attached hydrogens (tertiary/aromatic N) is 1. The third-order valence-corrected chi connectivity index (χ3v) is 3.86. The van der Waals surface area contributed by atoms with Crippen LogP contribution in [0.3, 0.4) is 0 Å². The highest BCUT2D eigenvalue weighted by Crippen LogP contribution is 2.27. The molecular weight excluding hydrogens is 311 g/mol. The van der Waals surface area contributed by atoms with Crippen LogP contribution in [0.1, 0.15) is 10.4 Å². The van der Waals surface area contributed by atoms with Gasteiger partial charge in [0.1, 0.15) is 6.54 Å². The molecule has 1 amide bonds. The molecule has 2 nitrogen and oxygen atoms in total. The summed E-state index contributed by atoms with van der Waals surface area (Å²) in [6.07, 6.45) is -4.44. The molecule has 0 unspecified atom stereocenters. The van der Waals surface area contributed by atoms with Gasteiger partial charge in [-0.2, -0.15) is 13.2 Å². The number of hydrogen-bond donors (Lipinski definition) is 0. The standard InChI is InChI=1S/C13H11ClF3NOS/c14-5-6-18(8-13(15,16)17)12(19)10-7-20-11-4-2-1-3-9(10)11/h1-4,7H,5-6,8H2. The van der Waals surface area contributed by atoms with Crippen molar-refractivity contribution in [3.05, 3.63) is 35.2 Å². The zero-order chi connectivity index (χ0) is 14.8. The Hall–Kier alpha value is -1.27. The average Bonchev–Trinajstić information content (AvgIpc) is 2.79. The van der Waals surface area contributed by atoms with Crippen LogP contribution in [0.4, 0.5) is 13.2 Å². The Kier molecular flexibility index (Phi) is 4.55. The minimum absolute atomic E-state index is 0.0378. The van der Waals surface area contributed by atoms with Crippen molar-refractivity contribution >= 4 is 38.9 Å². The van der Waals surface area contributed by atoms with Crippen LogP contribution in [0.25, 0.3) is 10.1 Å². The van der Waals surface area contributed by atoms with Gasteiger partial charge in [0.05, 0.1) is 5.56 Å². The van der Waals surface area contributed by atoms with Crippen molar-refractivity contribution in [1.82, 2.24) is 4.90 Å². The fraction of sp³-hybridized carbons (Fsp3) is 0.308. The monoisotopic (exact) mass is 321 g/mol. The van der Waals surface area contributed by atoms with Crippen molar-refractivity contribution in [2.75, 3.05) is 19.0 Å². The fourth-order valence-corrected chi connectivity index (χ4v) is 3.02. The molecule has 0 aliphatic carbocycles. The van der Waals surface area contributed by atoms with Gasteiger partial charge >= 0.3 is 6.18 Å². The second kappa shape index (κ2) is 6.01. The molecule has 0 spiro atoms. The number of rotatable bonds is 4. The lowest BCUT2D eigenvalue weighted by molar-refractivity contribution is -0.140. The van der Waals surface area contributed by atoms with Gasteiger partial charge in [-0.15, -0.1) is 22.9 Å². The van der Waals surface area contributed by atoms with Gasteiger partial charge in [-0.25, -0.2) is 0 Å². The smallest absolute Gasteiger partial charge is 0.328 e. The number of halogens is 4. The van der Waals surface area contributed by atoms with E-state index in [1.54, 1.807) is 17.5 Å². The minimum Gasteiger partial charge on any atom is -0.328 e. The van der Waals surface area contributed by atoms with E-state index in [1.807, 2.05) is 12.1 Å². The highest BCUT2D eigenvalue weighted by molar-refractivity contribution is 7.17. The van der Waals surface area contributed by atoms with Crippen LogP contribution in [0.5, 0.6) is 0 Å². The largest absolute Gasteiger partial charge is 0.406 e. The van der Waals surface area contributed by atoms with Crippen LogP contribution in [-0.4, -0.2) is 36.0 Å². The molecule has 0 saturated heterocycles. The predicted octanol–water partition coefficient (Wildman–Crippen LogP) is 4.14. The lowest BCUT2D eigenvalue weighted by Gasteiger charge is -2.22. The first-order valence-electron chi connectivity index (χ1n) is 5.80. The molecule has 0 N–H and O–H groups in total. The molecular formula is C13H11ClF3NOS. The third kappa shape index (κ3) is 3.43.